The Morgan fingerprint density at radius 2 is 2.00 bits per heavy atom. The largest absolute Gasteiger partial charge is 0.481 e. The lowest BCUT2D eigenvalue weighted by Gasteiger charge is -2.20. The van der Waals surface area contributed by atoms with Crippen molar-refractivity contribution in [2.45, 2.75) is 33.6 Å². The van der Waals surface area contributed by atoms with E-state index in [0.29, 0.717) is 23.6 Å². The minimum absolute atomic E-state index is 0.0401. The van der Waals surface area contributed by atoms with E-state index in [1.54, 1.807) is 24.8 Å². The van der Waals surface area contributed by atoms with E-state index in [1.165, 1.54) is 0 Å². The van der Waals surface area contributed by atoms with Crippen molar-refractivity contribution in [3.8, 4) is 0 Å². The third-order valence-corrected chi connectivity index (χ3v) is 2.65. The summed E-state index contributed by atoms with van der Waals surface area (Å²) in [6.45, 7) is 6.25. The molecule has 1 amide bonds. The van der Waals surface area contributed by atoms with E-state index in [9.17, 15) is 9.59 Å². The number of amides is 1. The molecular formula is C13H19NO4. The van der Waals surface area contributed by atoms with Crippen molar-refractivity contribution in [2.75, 3.05) is 13.1 Å². The predicted molar refractivity (Wildman–Crippen MR) is 66.6 cm³/mol. The van der Waals surface area contributed by atoms with E-state index < -0.39 is 5.97 Å². The van der Waals surface area contributed by atoms with Crippen LogP contribution in [0.2, 0.25) is 0 Å². The molecule has 0 aliphatic rings. The van der Waals surface area contributed by atoms with Gasteiger partial charge in [0.15, 0.2) is 0 Å². The summed E-state index contributed by atoms with van der Waals surface area (Å²) < 4.78 is 5.33. The first-order valence-corrected chi connectivity index (χ1v) is 6.03. The number of carboxylic acids is 1. The molecule has 1 aromatic heterocycles. The molecule has 0 aromatic carbocycles. The molecule has 0 spiro atoms. The molecule has 1 aromatic rings. The number of aliphatic carboxylic acids is 1. The molecule has 0 bridgehead atoms. The van der Waals surface area contributed by atoms with Gasteiger partial charge in [-0.25, -0.2) is 0 Å². The number of carbonyl (C=O) groups excluding carboxylic acids is 1. The Morgan fingerprint density at radius 1 is 1.33 bits per heavy atom. The highest BCUT2D eigenvalue weighted by molar-refractivity contribution is 5.95. The van der Waals surface area contributed by atoms with Crippen molar-refractivity contribution in [2.24, 2.45) is 0 Å². The van der Waals surface area contributed by atoms with Crippen molar-refractivity contribution in [1.29, 1.82) is 0 Å². The molecule has 1 rings (SSSR count). The number of carbonyl (C=O) groups is 2. The quantitative estimate of drug-likeness (QED) is 0.843. The van der Waals surface area contributed by atoms with Gasteiger partial charge in [-0.1, -0.05) is 6.92 Å². The van der Waals surface area contributed by atoms with Gasteiger partial charge in [-0.3, -0.25) is 9.59 Å². The third-order valence-electron chi connectivity index (χ3n) is 2.65. The summed E-state index contributed by atoms with van der Waals surface area (Å²) in [5, 5.41) is 8.69. The van der Waals surface area contributed by atoms with Gasteiger partial charge >= 0.3 is 5.97 Å². The Bertz CT molecular complexity index is 436. The third kappa shape index (κ3) is 3.61. The van der Waals surface area contributed by atoms with Crippen LogP contribution >= 0.6 is 0 Å². The maximum atomic E-state index is 12.3. The van der Waals surface area contributed by atoms with Gasteiger partial charge in [-0.2, -0.15) is 0 Å². The normalized spacial score (nSPS) is 10.4. The first-order valence-electron chi connectivity index (χ1n) is 6.03. The SMILES string of the molecule is CCCN(CCC(=O)O)C(=O)c1cc(C)oc1C. The van der Waals surface area contributed by atoms with E-state index in [0.717, 1.165) is 6.42 Å². The van der Waals surface area contributed by atoms with Gasteiger partial charge in [0.2, 0.25) is 0 Å². The Hall–Kier alpha value is -1.78. The van der Waals surface area contributed by atoms with Crippen molar-refractivity contribution in [3.05, 3.63) is 23.2 Å². The van der Waals surface area contributed by atoms with Crippen molar-refractivity contribution in [3.63, 3.8) is 0 Å². The second-order valence-corrected chi connectivity index (χ2v) is 4.26. The number of hydrogen-bond acceptors (Lipinski definition) is 3. The van der Waals surface area contributed by atoms with Crippen LogP contribution in [0.1, 0.15) is 41.6 Å². The van der Waals surface area contributed by atoms with Crippen LogP contribution in [0.15, 0.2) is 10.5 Å². The fourth-order valence-corrected chi connectivity index (χ4v) is 1.83. The van der Waals surface area contributed by atoms with Gasteiger partial charge < -0.3 is 14.4 Å². The highest BCUT2D eigenvalue weighted by atomic mass is 16.4. The Morgan fingerprint density at radius 3 is 2.44 bits per heavy atom. The first-order chi connectivity index (χ1) is 8.45. The average molecular weight is 253 g/mol. The molecule has 1 N–H and O–H groups in total. The van der Waals surface area contributed by atoms with Crippen LogP contribution in [0.25, 0.3) is 0 Å². The molecule has 1 heterocycles. The monoisotopic (exact) mass is 253 g/mol. The molecule has 0 aliphatic heterocycles. The zero-order valence-electron chi connectivity index (χ0n) is 11.0. The van der Waals surface area contributed by atoms with E-state index in [-0.39, 0.29) is 18.9 Å². The summed E-state index contributed by atoms with van der Waals surface area (Å²) >= 11 is 0. The molecule has 0 radical (unpaired) electrons. The summed E-state index contributed by atoms with van der Waals surface area (Å²) in [7, 11) is 0. The van der Waals surface area contributed by atoms with Gasteiger partial charge in [0.05, 0.1) is 12.0 Å². The second-order valence-electron chi connectivity index (χ2n) is 4.26. The molecule has 18 heavy (non-hydrogen) atoms. The second kappa shape index (κ2) is 6.23. The highest BCUT2D eigenvalue weighted by Gasteiger charge is 2.20. The highest BCUT2D eigenvalue weighted by Crippen LogP contribution is 2.16. The number of furan rings is 1. The summed E-state index contributed by atoms with van der Waals surface area (Å²) in [5.41, 5.74) is 0.520. The topological polar surface area (TPSA) is 70.8 Å². The van der Waals surface area contributed by atoms with Crippen LogP contribution in [0.4, 0.5) is 0 Å². The summed E-state index contributed by atoms with van der Waals surface area (Å²) in [6.07, 6.45) is 0.753. The lowest BCUT2D eigenvalue weighted by atomic mass is 10.2. The van der Waals surface area contributed by atoms with Crippen molar-refractivity contribution in [1.82, 2.24) is 4.90 Å². The molecule has 0 saturated carbocycles. The molecule has 100 valence electrons. The Labute approximate surface area is 106 Å². The maximum Gasteiger partial charge on any atom is 0.305 e. The van der Waals surface area contributed by atoms with Gasteiger partial charge in [-0.05, 0) is 26.3 Å². The molecule has 5 nitrogen and oxygen atoms in total. The lowest BCUT2D eigenvalue weighted by Crippen LogP contribution is -2.33. The number of carboxylic acid groups (broad SMARTS) is 1. The van der Waals surface area contributed by atoms with Crippen LogP contribution in [-0.2, 0) is 4.79 Å². The van der Waals surface area contributed by atoms with E-state index >= 15 is 0 Å². The molecule has 0 saturated heterocycles. The van der Waals surface area contributed by atoms with Crippen LogP contribution in [0.5, 0.6) is 0 Å². The van der Waals surface area contributed by atoms with Gasteiger partial charge in [-0.15, -0.1) is 0 Å². The lowest BCUT2D eigenvalue weighted by molar-refractivity contribution is -0.137. The molecular weight excluding hydrogens is 234 g/mol. The van der Waals surface area contributed by atoms with Gasteiger partial charge in [0.1, 0.15) is 11.5 Å². The van der Waals surface area contributed by atoms with Gasteiger partial charge in [0.25, 0.3) is 5.91 Å². The van der Waals surface area contributed by atoms with E-state index in [4.69, 9.17) is 9.52 Å². The molecule has 0 atom stereocenters. The van der Waals surface area contributed by atoms with E-state index in [2.05, 4.69) is 0 Å². The molecule has 5 heteroatoms. The number of rotatable bonds is 6. The fourth-order valence-electron chi connectivity index (χ4n) is 1.83. The van der Waals surface area contributed by atoms with E-state index in [1.807, 2.05) is 6.92 Å². The van der Waals surface area contributed by atoms with Crippen molar-refractivity contribution < 1.29 is 19.1 Å². The minimum Gasteiger partial charge on any atom is -0.481 e. The number of hydrogen-bond donors (Lipinski definition) is 1. The van der Waals surface area contributed by atoms with Gasteiger partial charge in [0, 0.05) is 13.1 Å². The molecule has 0 fully saturated rings. The summed E-state index contributed by atoms with van der Waals surface area (Å²) in [4.78, 5) is 24.4. The minimum atomic E-state index is -0.899. The zero-order chi connectivity index (χ0) is 13.7. The summed E-state index contributed by atoms with van der Waals surface area (Å²) in [5.74, 6) is 0.205. The van der Waals surface area contributed by atoms with Crippen molar-refractivity contribution >= 4 is 11.9 Å². The fraction of sp³-hybridized carbons (Fsp3) is 0.538. The molecule has 0 aliphatic carbocycles. The van der Waals surface area contributed by atoms with Crippen LogP contribution < -0.4 is 0 Å². The smallest absolute Gasteiger partial charge is 0.305 e. The zero-order valence-corrected chi connectivity index (χ0v) is 11.0. The average Bonchev–Trinajstić information content (AvgIpc) is 2.62. The van der Waals surface area contributed by atoms with Crippen LogP contribution in [0, 0.1) is 13.8 Å². The first kappa shape index (κ1) is 14.3. The molecule has 0 unspecified atom stereocenters. The number of nitrogens with zero attached hydrogens (tertiary/aromatic N) is 1. The Kier molecular flexibility index (Phi) is 4.95. The summed E-state index contributed by atoms with van der Waals surface area (Å²) in [6, 6.07) is 1.70. The van der Waals surface area contributed by atoms with Crippen LogP contribution in [-0.4, -0.2) is 35.0 Å². The standard InChI is InChI=1S/C13H19NO4/c1-4-6-14(7-5-12(15)16)13(17)11-8-9(2)18-10(11)3/h8H,4-7H2,1-3H3,(H,15,16). The predicted octanol–water partition coefficient (Wildman–Crippen LogP) is 2.22. The number of aryl methyl sites for hydroxylation is 2. The maximum absolute atomic E-state index is 12.3. The van der Waals surface area contributed by atoms with Crippen LogP contribution in [0.3, 0.4) is 0 Å². The Balaban J connectivity index is 2.81.